The molecular formula is C14H27BO3. The summed E-state index contributed by atoms with van der Waals surface area (Å²) in [5.74, 6) is 0.179. The number of rotatable bonds is 3. The van der Waals surface area contributed by atoms with Gasteiger partial charge in [-0.25, -0.2) is 0 Å². The molecule has 1 rings (SSSR count). The van der Waals surface area contributed by atoms with Crippen LogP contribution < -0.4 is 0 Å². The van der Waals surface area contributed by atoms with Gasteiger partial charge < -0.3 is 14.2 Å². The molecule has 3 nitrogen and oxygen atoms in total. The van der Waals surface area contributed by atoms with Crippen molar-refractivity contribution in [2.75, 3.05) is 6.61 Å². The van der Waals surface area contributed by atoms with E-state index in [1.165, 1.54) is 0 Å². The zero-order valence-electron chi connectivity index (χ0n) is 12.8. The molecule has 0 spiro atoms. The Morgan fingerprint density at radius 3 is 2.06 bits per heavy atom. The van der Waals surface area contributed by atoms with Crippen LogP contribution in [0.25, 0.3) is 0 Å². The predicted octanol–water partition coefficient (Wildman–Crippen LogP) is 2.51. The minimum Gasteiger partial charge on any atom is -0.379 e. The van der Waals surface area contributed by atoms with Crippen LogP contribution in [0.5, 0.6) is 0 Å². The molecule has 0 N–H and O–H groups in total. The first-order valence-electron chi connectivity index (χ1n) is 6.72. The summed E-state index contributed by atoms with van der Waals surface area (Å²) in [6.45, 7) is 14.8. The van der Waals surface area contributed by atoms with Crippen LogP contribution in [0.3, 0.4) is 0 Å². The molecule has 18 heavy (non-hydrogen) atoms. The summed E-state index contributed by atoms with van der Waals surface area (Å²) in [6, 6.07) is -0.272. The van der Waals surface area contributed by atoms with Crippen LogP contribution in [0.4, 0.5) is 0 Å². The van der Waals surface area contributed by atoms with Gasteiger partial charge in [-0.05, 0) is 41.5 Å². The number of ether oxygens (including phenoxy) is 3. The van der Waals surface area contributed by atoms with Crippen molar-refractivity contribution in [1.82, 2.24) is 0 Å². The van der Waals surface area contributed by atoms with E-state index in [0.717, 1.165) is 0 Å². The summed E-state index contributed by atoms with van der Waals surface area (Å²) in [4.78, 5) is 0. The van der Waals surface area contributed by atoms with Gasteiger partial charge in [-0.3, -0.25) is 0 Å². The second-order valence-corrected chi connectivity index (χ2v) is 7.12. The molecule has 0 bridgehead atoms. The lowest BCUT2D eigenvalue weighted by Crippen LogP contribution is -2.40. The topological polar surface area (TPSA) is 27.7 Å². The standard InChI is InChI=1S/C14H27BO3/c1-9-11(18-14(5,6)7)10(17-12(9)15)8-16-13(2,3)4/h9-12H,8H2,1-7H3/t9?,10-,11-,12-/m1/s1. The summed E-state index contributed by atoms with van der Waals surface area (Å²) < 4.78 is 17.6. The van der Waals surface area contributed by atoms with E-state index in [9.17, 15) is 0 Å². The molecule has 2 radical (unpaired) electrons. The fourth-order valence-corrected chi connectivity index (χ4v) is 1.99. The Kier molecular flexibility index (Phi) is 4.90. The van der Waals surface area contributed by atoms with Gasteiger partial charge in [0.15, 0.2) is 0 Å². The lowest BCUT2D eigenvalue weighted by Gasteiger charge is -2.31. The Balaban J connectivity index is 2.64. The van der Waals surface area contributed by atoms with Crippen molar-refractivity contribution in [2.24, 2.45) is 5.92 Å². The Hall–Kier alpha value is -0.0551. The molecule has 0 saturated carbocycles. The molecule has 104 valence electrons. The molecule has 1 saturated heterocycles. The van der Waals surface area contributed by atoms with E-state index in [1.807, 2.05) is 41.5 Å². The highest BCUT2D eigenvalue weighted by atomic mass is 16.6. The average Bonchev–Trinajstić information content (AvgIpc) is 2.39. The molecule has 0 aliphatic carbocycles. The van der Waals surface area contributed by atoms with Gasteiger partial charge in [0.05, 0.1) is 23.9 Å². The maximum Gasteiger partial charge on any atom is 0.109 e. The highest BCUT2D eigenvalue weighted by molar-refractivity contribution is 6.11. The molecule has 0 aromatic carbocycles. The van der Waals surface area contributed by atoms with Crippen molar-refractivity contribution in [3.63, 3.8) is 0 Å². The first-order chi connectivity index (χ1) is 7.99. The maximum absolute atomic E-state index is 6.07. The van der Waals surface area contributed by atoms with E-state index in [2.05, 4.69) is 6.92 Å². The van der Waals surface area contributed by atoms with Crippen molar-refractivity contribution < 1.29 is 14.2 Å². The summed E-state index contributed by atoms with van der Waals surface area (Å²) in [6.07, 6.45) is -0.101. The molecule has 0 aromatic heterocycles. The molecule has 1 fully saturated rings. The quantitative estimate of drug-likeness (QED) is 0.724. The lowest BCUT2D eigenvalue weighted by atomic mass is 9.86. The van der Waals surface area contributed by atoms with Gasteiger partial charge in [-0.15, -0.1) is 0 Å². The normalized spacial score (nSPS) is 33.9. The third-order valence-electron chi connectivity index (χ3n) is 2.91. The van der Waals surface area contributed by atoms with Crippen LogP contribution in [-0.2, 0) is 14.2 Å². The van der Waals surface area contributed by atoms with Crippen LogP contribution in [0.2, 0.25) is 0 Å². The zero-order chi connectivity index (χ0) is 14.1. The molecule has 1 aliphatic heterocycles. The Morgan fingerprint density at radius 2 is 1.61 bits per heavy atom. The van der Waals surface area contributed by atoms with Crippen molar-refractivity contribution in [3.05, 3.63) is 0 Å². The molecular weight excluding hydrogens is 227 g/mol. The average molecular weight is 254 g/mol. The predicted molar refractivity (Wildman–Crippen MR) is 73.9 cm³/mol. The molecule has 4 atom stereocenters. The van der Waals surface area contributed by atoms with Gasteiger partial charge in [-0.2, -0.15) is 0 Å². The van der Waals surface area contributed by atoms with Gasteiger partial charge >= 0.3 is 0 Å². The molecule has 0 aromatic rings. The maximum atomic E-state index is 6.07. The SMILES string of the molecule is [B][C@@H]1O[C@H](COC(C)(C)C)[C@H](OC(C)(C)C)C1C. The first kappa shape index (κ1) is 16.0. The van der Waals surface area contributed by atoms with Crippen LogP contribution in [0, 0.1) is 5.92 Å². The smallest absolute Gasteiger partial charge is 0.109 e. The largest absolute Gasteiger partial charge is 0.379 e. The summed E-state index contributed by atoms with van der Waals surface area (Å²) >= 11 is 0. The van der Waals surface area contributed by atoms with E-state index in [4.69, 9.17) is 22.1 Å². The van der Waals surface area contributed by atoms with Crippen molar-refractivity contribution in [3.8, 4) is 0 Å². The first-order valence-corrected chi connectivity index (χ1v) is 6.72. The Morgan fingerprint density at radius 1 is 1.06 bits per heavy atom. The molecule has 1 unspecified atom stereocenters. The van der Waals surface area contributed by atoms with Crippen LogP contribution >= 0.6 is 0 Å². The summed E-state index contributed by atoms with van der Waals surface area (Å²) in [5, 5.41) is 0. The second kappa shape index (κ2) is 5.52. The third-order valence-corrected chi connectivity index (χ3v) is 2.91. The van der Waals surface area contributed by atoms with Gasteiger partial charge in [0.1, 0.15) is 14.0 Å². The van der Waals surface area contributed by atoms with Crippen LogP contribution in [-0.4, -0.2) is 43.9 Å². The monoisotopic (exact) mass is 254 g/mol. The Bertz CT molecular complexity index is 267. The van der Waals surface area contributed by atoms with Crippen LogP contribution in [0.15, 0.2) is 0 Å². The van der Waals surface area contributed by atoms with E-state index in [0.29, 0.717) is 6.61 Å². The van der Waals surface area contributed by atoms with Gasteiger partial charge in [-0.1, -0.05) is 6.92 Å². The lowest BCUT2D eigenvalue weighted by molar-refractivity contribution is -0.129. The van der Waals surface area contributed by atoms with Gasteiger partial charge in [0.2, 0.25) is 0 Å². The zero-order valence-corrected chi connectivity index (χ0v) is 12.8. The number of hydrogen-bond acceptors (Lipinski definition) is 3. The van der Waals surface area contributed by atoms with E-state index in [-0.39, 0.29) is 35.3 Å². The third kappa shape index (κ3) is 4.91. The summed E-state index contributed by atoms with van der Waals surface area (Å²) in [5.41, 5.74) is -0.377. The van der Waals surface area contributed by atoms with Gasteiger partial charge in [0.25, 0.3) is 0 Å². The fourth-order valence-electron chi connectivity index (χ4n) is 1.99. The van der Waals surface area contributed by atoms with Crippen molar-refractivity contribution in [1.29, 1.82) is 0 Å². The molecule has 4 heteroatoms. The van der Waals surface area contributed by atoms with E-state index in [1.54, 1.807) is 0 Å². The Labute approximate surface area is 113 Å². The van der Waals surface area contributed by atoms with Crippen molar-refractivity contribution in [2.45, 2.75) is 77.9 Å². The fraction of sp³-hybridized carbons (Fsp3) is 1.00. The van der Waals surface area contributed by atoms with E-state index >= 15 is 0 Å². The minimum absolute atomic E-state index is 0.0117. The highest BCUT2D eigenvalue weighted by Crippen LogP contribution is 2.31. The number of hydrogen-bond donors (Lipinski definition) is 0. The highest BCUT2D eigenvalue weighted by Gasteiger charge is 2.42. The second-order valence-electron chi connectivity index (χ2n) is 7.12. The summed E-state index contributed by atoms with van der Waals surface area (Å²) in [7, 11) is 5.96. The molecule has 1 aliphatic rings. The van der Waals surface area contributed by atoms with Crippen LogP contribution in [0.1, 0.15) is 48.5 Å². The minimum atomic E-state index is -0.272. The molecule has 0 amide bonds. The molecule has 1 heterocycles. The van der Waals surface area contributed by atoms with Crippen molar-refractivity contribution >= 4 is 7.85 Å². The van der Waals surface area contributed by atoms with Gasteiger partial charge in [0, 0.05) is 11.9 Å². The van der Waals surface area contributed by atoms with E-state index < -0.39 is 0 Å².